The van der Waals surface area contributed by atoms with Crippen molar-refractivity contribution in [3.8, 4) is 0 Å². The maximum Gasteiger partial charge on any atom is 0.246 e. The minimum absolute atomic E-state index is 0.299. The number of aryl methyl sites for hydroxylation is 1. The van der Waals surface area contributed by atoms with E-state index >= 15 is 0 Å². The van der Waals surface area contributed by atoms with Crippen LogP contribution in [0.3, 0.4) is 0 Å². The molecule has 0 saturated heterocycles. The van der Waals surface area contributed by atoms with E-state index in [2.05, 4.69) is 25.8 Å². The van der Waals surface area contributed by atoms with Crippen LogP contribution in [0.1, 0.15) is 44.3 Å². The van der Waals surface area contributed by atoms with Crippen molar-refractivity contribution in [3.63, 3.8) is 0 Å². The highest BCUT2D eigenvalue weighted by Crippen LogP contribution is 2.22. The fourth-order valence-electron chi connectivity index (χ4n) is 2.71. The molecule has 2 N–H and O–H groups in total. The first-order chi connectivity index (χ1) is 10.6. The quantitative estimate of drug-likeness (QED) is 0.622. The number of hydrogen-bond donors (Lipinski definition) is 2. The second kappa shape index (κ2) is 8.26. The van der Waals surface area contributed by atoms with Gasteiger partial charge in [-0.2, -0.15) is 4.98 Å². The van der Waals surface area contributed by atoms with Crippen LogP contribution < -0.4 is 10.6 Å². The molecule has 1 saturated carbocycles. The lowest BCUT2D eigenvalue weighted by Crippen LogP contribution is -2.46. The summed E-state index contributed by atoms with van der Waals surface area (Å²) in [7, 11) is 1.02. The van der Waals surface area contributed by atoms with Crippen LogP contribution in [0.15, 0.2) is 9.52 Å². The van der Waals surface area contributed by atoms with Crippen LogP contribution in [0, 0.1) is 6.92 Å². The van der Waals surface area contributed by atoms with Gasteiger partial charge in [0.2, 0.25) is 5.89 Å². The van der Waals surface area contributed by atoms with E-state index in [9.17, 15) is 4.21 Å². The normalized spacial score (nSPS) is 24.0. The maximum absolute atomic E-state index is 12.0. The van der Waals surface area contributed by atoms with Crippen LogP contribution in [0.25, 0.3) is 0 Å². The van der Waals surface area contributed by atoms with Gasteiger partial charge in [-0.1, -0.05) is 18.5 Å². The van der Waals surface area contributed by atoms with Gasteiger partial charge in [-0.3, -0.25) is 9.20 Å². The van der Waals surface area contributed by atoms with Crippen molar-refractivity contribution in [1.29, 1.82) is 0 Å². The van der Waals surface area contributed by atoms with Crippen LogP contribution in [0.4, 0.5) is 0 Å². The van der Waals surface area contributed by atoms with Crippen molar-refractivity contribution < 1.29 is 8.73 Å². The van der Waals surface area contributed by atoms with Gasteiger partial charge in [-0.25, -0.2) is 0 Å². The Morgan fingerprint density at radius 2 is 2.32 bits per heavy atom. The SMILES string of the molecule is CCS(=O)C1CCCC(NC(=NC)NCc2nc(C)no2)C1. The van der Waals surface area contributed by atoms with E-state index in [0.717, 1.165) is 31.4 Å². The van der Waals surface area contributed by atoms with Crippen molar-refractivity contribution in [1.82, 2.24) is 20.8 Å². The lowest BCUT2D eigenvalue weighted by molar-refractivity contribution is 0.369. The van der Waals surface area contributed by atoms with Gasteiger partial charge in [-0.05, 0) is 26.2 Å². The molecule has 3 unspecified atom stereocenters. The first-order valence-corrected chi connectivity index (χ1v) is 9.14. The molecular formula is C14H25N5O2S. The van der Waals surface area contributed by atoms with Crippen molar-refractivity contribution in [2.45, 2.75) is 57.4 Å². The highest BCUT2D eigenvalue weighted by molar-refractivity contribution is 7.85. The van der Waals surface area contributed by atoms with E-state index in [1.165, 1.54) is 0 Å². The second-order valence-corrected chi connectivity index (χ2v) is 7.47. The van der Waals surface area contributed by atoms with E-state index in [1.54, 1.807) is 14.0 Å². The molecule has 22 heavy (non-hydrogen) atoms. The largest absolute Gasteiger partial charge is 0.354 e. The smallest absolute Gasteiger partial charge is 0.246 e. The van der Waals surface area contributed by atoms with Crippen LogP contribution in [-0.2, 0) is 17.3 Å². The van der Waals surface area contributed by atoms with Gasteiger partial charge in [0.1, 0.15) is 0 Å². The van der Waals surface area contributed by atoms with E-state index < -0.39 is 10.8 Å². The lowest BCUT2D eigenvalue weighted by Gasteiger charge is -2.30. The van der Waals surface area contributed by atoms with Gasteiger partial charge in [0, 0.05) is 34.9 Å². The average Bonchev–Trinajstić information content (AvgIpc) is 2.96. The highest BCUT2D eigenvalue weighted by atomic mass is 32.2. The molecule has 0 aliphatic heterocycles. The van der Waals surface area contributed by atoms with E-state index in [4.69, 9.17) is 4.52 Å². The topological polar surface area (TPSA) is 92.4 Å². The number of guanidine groups is 1. The average molecular weight is 327 g/mol. The van der Waals surface area contributed by atoms with E-state index in [-0.39, 0.29) is 0 Å². The Balaban J connectivity index is 1.83. The molecule has 1 aromatic rings. The zero-order valence-corrected chi connectivity index (χ0v) is 14.3. The first-order valence-electron chi connectivity index (χ1n) is 7.76. The zero-order valence-electron chi connectivity index (χ0n) is 13.5. The lowest BCUT2D eigenvalue weighted by atomic mass is 9.95. The molecule has 1 heterocycles. The van der Waals surface area contributed by atoms with Gasteiger partial charge in [0.25, 0.3) is 0 Å². The molecule has 3 atom stereocenters. The molecule has 1 aromatic heterocycles. The zero-order chi connectivity index (χ0) is 15.9. The molecule has 124 valence electrons. The summed E-state index contributed by atoms with van der Waals surface area (Å²) in [5.74, 6) is 2.61. The summed E-state index contributed by atoms with van der Waals surface area (Å²) in [5, 5.41) is 10.6. The molecule has 0 aromatic carbocycles. The summed E-state index contributed by atoms with van der Waals surface area (Å²) >= 11 is 0. The maximum atomic E-state index is 12.0. The molecule has 0 spiro atoms. The third kappa shape index (κ3) is 4.79. The van der Waals surface area contributed by atoms with Crippen LogP contribution >= 0.6 is 0 Å². The predicted molar refractivity (Wildman–Crippen MR) is 87.1 cm³/mol. The third-order valence-corrected chi connectivity index (χ3v) is 5.56. The van der Waals surface area contributed by atoms with Crippen molar-refractivity contribution in [3.05, 3.63) is 11.7 Å². The monoisotopic (exact) mass is 327 g/mol. The van der Waals surface area contributed by atoms with Gasteiger partial charge >= 0.3 is 0 Å². The first kappa shape index (κ1) is 16.9. The third-order valence-electron chi connectivity index (χ3n) is 3.82. The molecule has 2 rings (SSSR count). The second-order valence-electron chi connectivity index (χ2n) is 5.46. The molecule has 0 radical (unpaired) electrons. The Morgan fingerprint density at radius 3 is 2.95 bits per heavy atom. The van der Waals surface area contributed by atoms with E-state index in [1.807, 2.05) is 6.92 Å². The predicted octanol–water partition coefficient (Wildman–Crippen LogP) is 1.12. The Kier molecular flexibility index (Phi) is 6.35. The Bertz CT molecular complexity index is 531. The summed E-state index contributed by atoms with van der Waals surface area (Å²) in [6, 6.07) is 0.310. The van der Waals surface area contributed by atoms with Crippen molar-refractivity contribution in [2.75, 3.05) is 12.8 Å². The van der Waals surface area contributed by atoms with Crippen LogP contribution in [-0.4, -0.2) is 44.4 Å². The summed E-state index contributed by atoms with van der Waals surface area (Å²) in [6.45, 7) is 4.22. The summed E-state index contributed by atoms with van der Waals surface area (Å²) in [5.41, 5.74) is 0. The van der Waals surface area contributed by atoms with Gasteiger partial charge < -0.3 is 15.2 Å². The minimum Gasteiger partial charge on any atom is -0.354 e. The van der Waals surface area contributed by atoms with Crippen LogP contribution in [0.2, 0.25) is 0 Å². The molecule has 0 amide bonds. The van der Waals surface area contributed by atoms with Crippen molar-refractivity contribution >= 4 is 16.8 Å². The number of aliphatic imine (C=N–C) groups is 1. The molecule has 1 aliphatic rings. The summed E-state index contributed by atoms with van der Waals surface area (Å²) in [6.07, 6.45) is 4.18. The van der Waals surface area contributed by atoms with Crippen LogP contribution in [0.5, 0.6) is 0 Å². The summed E-state index contributed by atoms with van der Waals surface area (Å²) < 4.78 is 17.1. The Hall–Kier alpha value is -1.44. The number of nitrogens with zero attached hydrogens (tertiary/aromatic N) is 3. The molecule has 7 nitrogen and oxygen atoms in total. The molecular weight excluding hydrogens is 302 g/mol. The van der Waals surface area contributed by atoms with Crippen molar-refractivity contribution in [2.24, 2.45) is 4.99 Å². The number of nitrogens with one attached hydrogen (secondary N) is 2. The number of hydrogen-bond acceptors (Lipinski definition) is 5. The fourth-order valence-corrected chi connectivity index (χ4v) is 4.06. The molecule has 1 aliphatic carbocycles. The highest BCUT2D eigenvalue weighted by Gasteiger charge is 2.26. The fraction of sp³-hybridized carbons (Fsp3) is 0.786. The Labute approximate surface area is 133 Å². The van der Waals surface area contributed by atoms with Gasteiger partial charge in [0.15, 0.2) is 11.8 Å². The minimum atomic E-state index is -0.715. The van der Waals surface area contributed by atoms with E-state index in [0.29, 0.717) is 35.5 Å². The standard InChI is InChI=1S/C14H25N5O2S/c1-4-22(20)12-7-5-6-11(8-12)18-14(15-3)16-9-13-17-10(2)19-21-13/h11-12H,4-9H2,1-3H3,(H2,15,16,18). The summed E-state index contributed by atoms with van der Waals surface area (Å²) in [4.78, 5) is 8.37. The molecule has 0 bridgehead atoms. The van der Waals surface area contributed by atoms with Gasteiger partial charge in [-0.15, -0.1) is 0 Å². The Morgan fingerprint density at radius 1 is 1.50 bits per heavy atom. The molecule has 8 heteroatoms. The number of rotatable bonds is 5. The molecule has 1 fully saturated rings. The van der Waals surface area contributed by atoms with Gasteiger partial charge in [0.05, 0.1) is 6.54 Å². The number of aromatic nitrogens is 2.